The van der Waals surface area contributed by atoms with Gasteiger partial charge in [-0.15, -0.1) is 13.2 Å². The Morgan fingerprint density at radius 2 is 2.17 bits per heavy atom. The fourth-order valence-electron chi connectivity index (χ4n) is 1.60. The number of halogens is 3. The third-order valence-electron chi connectivity index (χ3n) is 2.25. The summed E-state index contributed by atoms with van der Waals surface area (Å²) < 4.78 is 42.5. The fraction of sp³-hybridized carbons (Fsp3) is 0.182. The van der Waals surface area contributed by atoms with Gasteiger partial charge in [0, 0.05) is 6.07 Å². The van der Waals surface area contributed by atoms with Gasteiger partial charge >= 0.3 is 11.5 Å². The molecule has 3 nitrogen and oxygen atoms in total. The predicted molar refractivity (Wildman–Crippen MR) is 63.3 cm³/mol. The van der Waals surface area contributed by atoms with Crippen molar-refractivity contribution in [2.75, 3.05) is 5.73 Å². The highest BCUT2D eigenvalue weighted by Crippen LogP contribution is 2.29. The summed E-state index contributed by atoms with van der Waals surface area (Å²) in [5.41, 5.74) is 6.54. The zero-order valence-electron chi connectivity index (χ0n) is 9.20. The molecule has 0 aliphatic carbocycles. The molecule has 0 aliphatic heterocycles. The van der Waals surface area contributed by atoms with Gasteiger partial charge < -0.3 is 4.74 Å². The monoisotopic (exact) mass is 275 g/mol. The molecule has 0 amide bonds. The van der Waals surface area contributed by atoms with E-state index in [0.29, 0.717) is 16.4 Å². The number of rotatable bonds is 3. The van der Waals surface area contributed by atoms with Crippen LogP contribution in [0, 0.1) is 0 Å². The molecule has 0 radical (unpaired) electrons. The molecule has 2 rings (SSSR count). The number of ether oxygens (including phenoxy) is 1. The number of hydrogen-bond donors (Lipinski definition) is 1. The molecular weight excluding hydrogens is 265 g/mol. The number of thiazole rings is 1. The summed E-state index contributed by atoms with van der Waals surface area (Å²) in [5.74, 6) is -0.248. The van der Waals surface area contributed by atoms with E-state index in [1.54, 1.807) is 16.7 Å². The lowest BCUT2D eigenvalue weighted by Crippen LogP contribution is -2.34. The number of hydrogen-bond acceptors (Lipinski definition) is 3. The highest BCUT2D eigenvalue weighted by atomic mass is 32.1. The summed E-state index contributed by atoms with van der Waals surface area (Å²) in [5, 5.41) is 0.508. The molecule has 7 heteroatoms. The number of alkyl halides is 3. The van der Waals surface area contributed by atoms with Crippen molar-refractivity contribution in [3.05, 3.63) is 30.9 Å². The second-order valence-electron chi connectivity index (χ2n) is 3.52. The number of allylic oxidation sites excluding steroid dienone is 1. The quantitative estimate of drug-likeness (QED) is 0.691. The van der Waals surface area contributed by atoms with E-state index in [-0.39, 0.29) is 5.75 Å². The molecule has 1 aromatic carbocycles. The van der Waals surface area contributed by atoms with Crippen molar-refractivity contribution in [3.8, 4) is 5.75 Å². The van der Waals surface area contributed by atoms with Crippen LogP contribution in [0.2, 0.25) is 0 Å². The van der Waals surface area contributed by atoms with Crippen LogP contribution in [-0.2, 0) is 6.54 Å². The van der Waals surface area contributed by atoms with Gasteiger partial charge in [-0.25, -0.2) is 4.57 Å². The van der Waals surface area contributed by atoms with E-state index in [2.05, 4.69) is 11.3 Å². The van der Waals surface area contributed by atoms with Crippen LogP contribution in [0.4, 0.5) is 18.3 Å². The van der Waals surface area contributed by atoms with Crippen LogP contribution < -0.4 is 15.0 Å². The summed E-state index contributed by atoms with van der Waals surface area (Å²) in [6, 6.07) is 4.14. The van der Waals surface area contributed by atoms with E-state index < -0.39 is 6.36 Å². The van der Waals surface area contributed by atoms with Crippen molar-refractivity contribution in [1.29, 1.82) is 0 Å². The van der Waals surface area contributed by atoms with Crippen LogP contribution >= 0.6 is 11.3 Å². The summed E-state index contributed by atoms with van der Waals surface area (Å²) in [6.07, 6.45) is -3.02. The van der Waals surface area contributed by atoms with Crippen LogP contribution in [-0.4, -0.2) is 6.36 Å². The van der Waals surface area contributed by atoms with Gasteiger partial charge in [-0.2, -0.15) is 0 Å². The molecule has 2 aromatic rings. The molecule has 0 atom stereocenters. The van der Waals surface area contributed by atoms with E-state index in [1.165, 1.54) is 23.5 Å². The molecule has 0 bridgehead atoms. The summed E-state index contributed by atoms with van der Waals surface area (Å²) in [7, 11) is 0. The molecule has 18 heavy (non-hydrogen) atoms. The van der Waals surface area contributed by atoms with Crippen LogP contribution in [0.25, 0.3) is 10.2 Å². The Balaban J connectivity index is 2.44. The molecule has 1 heterocycles. The number of nitrogens with two attached hydrogens (primary N) is 1. The lowest BCUT2D eigenvalue weighted by atomic mass is 10.3. The maximum absolute atomic E-state index is 12.1. The Kier molecular flexibility index (Phi) is 3.16. The van der Waals surface area contributed by atoms with Gasteiger partial charge in [0.1, 0.15) is 17.8 Å². The van der Waals surface area contributed by atoms with Gasteiger partial charge in [-0.1, -0.05) is 12.7 Å². The van der Waals surface area contributed by atoms with Gasteiger partial charge in [0.25, 0.3) is 0 Å². The first-order valence-electron chi connectivity index (χ1n) is 4.99. The standard InChI is InChI=1S/C11H9F3N2OS/c1-2-5-16-8-4-3-7(17-11(12,13)14)6-9(8)18-10(16)15/h2-4,6,15H,1,5H2/p+1. The van der Waals surface area contributed by atoms with Crippen molar-refractivity contribution in [2.45, 2.75) is 12.9 Å². The second-order valence-corrected chi connectivity index (χ2v) is 4.58. The Labute approximate surface area is 105 Å². The van der Waals surface area contributed by atoms with Crippen LogP contribution in [0.15, 0.2) is 30.9 Å². The van der Waals surface area contributed by atoms with Gasteiger partial charge in [0.2, 0.25) is 0 Å². The summed E-state index contributed by atoms with van der Waals surface area (Å²) >= 11 is 1.20. The smallest absolute Gasteiger partial charge is 0.406 e. The van der Waals surface area contributed by atoms with Crippen LogP contribution in [0.1, 0.15) is 0 Å². The van der Waals surface area contributed by atoms with Crippen molar-refractivity contribution in [1.82, 2.24) is 0 Å². The van der Waals surface area contributed by atoms with Gasteiger partial charge in [0.05, 0.1) is 4.70 Å². The summed E-state index contributed by atoms with van der Waals surface area (Å²) in [6.45, 7) is 4.11. The maximum atomic E-state index is 12.1. The number of fused-ring (bicyclic) bond motifs is 1. The van der Waals surface area contributed by atoms with Gasteiger partial charge in [-0.3, -0.25) is 5.73 Å². The van der Waals surface area contributed by atoms with Gasteiger partial charge in [0.15, 0.2) is 0 Å². The second kappa shape index (κ2) is 4.49. The van der Waals surface area contributed by atoms with E-state index >= 15 is 0 Å². The largest absolute Gasteiger partial charge is 0.573 e. The number of benzene rings is 1. The third-order valence-corrected chi connectivity index (χ3v) is 3.22. The van der Waals surface area contributed by atoms with E-state index in [1.807, 2.05) is 0 Å². The van der Waals surface area contributed by atoms with Crippen molar-refractivity contribution in [3.63, 3.8) is 0 Å². The van der Waals surface area contributed by atoms with E-state index in [4.69, 9.17) is 5.73 Å². The lowest BCUT2D eigenvalue weighted by Gasteiger charge is -2.07. The minimum atomic E-state index is -4.69. The molecule has 0 unspecified atom stereocenters. The summed E-state index contributed by atoms with van der Waals surface area (Å²) in [4.78, 5) is 0. The first-order valence-corrected chi connectivity index (χ1v) is 5.81. The minimum absolute atomic E-state index is 0.248. The predicted octanol–water partition coefficient (Wildman–Crippen LogP) is 2.86. The average molecular weight is 275 g/mol. The van der Waals surface area contributed by atoms with Crippen molar-refractivity contribution in [2.24, 2.45) is 0 Å². The van der Waals surface area contributed by atoms with Crippen LogP contribution in [0.5, 0.6) is 5.75 Å². The zero-order valence-corrected chi connectivity index (χ0v) is 10.0. The molecule has 0 saturated carbocycles. The highest BCUT2D eigenvalue weighted by Gasteiger charge is 2.31. The number of nitrogens with zero attached hydrogens (tertiary/aromatic N) is 1. The molecular formula is C11H10F3N2OS+. The molecule has 2 N–H and O–H groups in total. The third kappa shape index (κ3) is 2.56. The van der Waals surface area contributed by atoms with Crippen LogP contribution in [0.3, 0.4) is 0 Å². The Morgan fingerprint density at radius 1 is 1.44 bits per heavy atom. The average Bonchev–Trinajstić information content (AvgIpc) is 2.53. The van der Waals surface area contributed by atoms with E-state index in [9.17, 15) is 13.2 Å². The number of aromatic nitrogens is 1. The fourth-order valence-corrected chi connectivity index (χ4v) is 2.57. The first kappa shape index (κ1) is 12.7. The Hall–Kier alpha value is -1.76. The molecule has 0 aliphatic rings. The number of nitrogen functional groups attached to an aromatic ring is 1. The number of anilines is 1. The van der Waals surface area contributed by atoms with Crippen molar-refractivity contribution >= 4 is 26.7 Å². The SMILES string of the molecule is C=CC[n+]1c(N)sc2cc(OC(F)(F)F)ccc21. The van der Waals surface area contributed by atoms with E-state index in [0.717, 1.165) is 5.52 Å². The molecule has 0 fully saturated rings. The molecule has 1 aromatic heterocycles. The maximum Gasteiger partial charge on any atom is 0.573 e. The first-order chi connectivity index (χ1) is 8.40. The topological polar surface area (TPSA) is 39.1 Å². The molecule has 0 saturated heterocycles. The molecule has 0 spiro atoms. The lowest BCUT2D eigenvalue weighted by molar-refractivity contribution is -0.642. The van der Waals surface area contributed by atoms with Crippen molar-refractivity contribution < 1.29 is 22.5 Å². The Bertz CT molecular complexity index is 592. The minimum Gasteiger partial charge on any atom is -0.406 e. The Morgan fingerprint density at radius 3 is 2.78 bits per heavy atom. The normalized spacial score (nSPS) is 11.7. The zero-order chi connectivity index (χ0) is 13.3. The highest BCUT2D eigenvalue weighted by molar-refractivity contribution is 7.21. The van der Waals surface area contributed by atoms with Gasteiger partial charge in [-0.05, 0) is 23.5 Å². The molecule has 96 valence electrons.